The van der Waals surface area contributed by atoms with Crippen molar-refractivity contribution in [1.29, 1.82) is 0 Å². The summed E-state index contributed by atoms with van der Waals surface area (Å²) in [5, 5.41) is 0. The Morgan fingerprint density at radius 3 is 1.09 bits per heavy atom. The summed E-state index contributed by atoms with van der Waals surface area (Å²) in [5.74, 6) is 0.0752. The zero-order valence-corrected chi connectivity index (χ0v) is 21.2. The van der Waals surface area contributed by atoms with E-state index in [1.165, 1.54) is 6.92 Å². The molecule has 0 aliphatic rings. The summed E-state index contributed by atoms with van der Waals surface area (Å²) in [4.78, 5) is 35.3. The van der Waals surface area contributed by atoms with E-state index in [1.807, 2.05) is 97.1 Å². The SMILES string of the molecule is CCP(=O)(O)O.Cl.Cl.O=C(c1ccccc1)c1ccccc1.c1ccncc1.c1ccncc1. The molecule has 0 bridgehead atoms. The van der Waals surface area contributed by atoms with Gasteiger partial charge < -0.3 is 9.79 Å². The highest BCUT2D eigenvalue weighted by atomic mass is 35.5. The predicted molar refractivity (Wildman–Crippen MR) is 142 cm³/mol. The first-order valence-corrected chi connectivity index (χ1v) is 11.6. The van der Waals surface area contributed by atoms with Crippen LogP contribution in [-0.2, 0) is 4.57 Å². The minimum atomic E-state index is -3.65. The number of carbonyl (C=O) groups excluding carboxylic acids is 1. The molecule has 2 N–H and O–H groups in total. The van der Waals surface area contributed by atoms with Crippen LogP contribution in [0.5, 0.6) is 0 Å². The van der Waals surface area contributed by atoms with Crippen LogP contribution in [0.3, 0.4) is 0 Å². The second kappa shape index (κ2) is 20.7. The van der Waals surface area contributed by atoms with Crippen LogP contribution in [0.1, 0.15) is 22.8 Å². The Bertz CT molecular complexity index is 897. The number of halogens is 2. The van der Waals surface area contributed by atoms with E-state index in [1.54, 1.807) is 24.8 Å². The van der Waals surface area contributed by atoms with Crippen molar-refractivity contribution in [2.24, 2.45) is 0 Å². The molecule has 6 nitrogen and oxygen atoms in total. The lowest BCUT2D eigenvalue weighted by molar-refractivity contribution is 0.103. The smallest absolute Gasteiger partial charge is 0.324 e. The molecule has 0 saturated heterocycles. The summed E-state index contributed by atoms with van der Waals surface area (Å²) in [6.07, 6.45) is 6.94. The number of hydrogen-bond donors (Lipinski definition) is 2. The summed E-state index contributed by atoms with van der Waals surface area (Å²) in [5.41, 5.74) is 1.47. The third-order valence-electron chi connectivity index (χ3n) is 3.62. The number of benzene rings is 2. The fourth-order valence-corrected chi connectivity index (χ4v) is 1.97. The van der Waals surface area contributed by atoms with E-state index in [9.17, 15) is 9.36 Å². The quantitative estimate of drug-likeness (QED) is 0.248. The monoisotopic (exact) mass is 522 g/mol. The van der Waals surface area contributed by atoms with Gasteiger partial charge in [0.1, 0.15) is 0 Å². The summed E-state index contributed by atoms with van der Waals surface area (Å²) in [6.45, 7) is 1.45. The van der Waals surface area contributed by atoms with Crippen molar-refractivity contribution < 1.29 is 19.1 Å². The van der Waals surface area contributed by atoms with Crippen molar-refractivity contribution in [3.63, 3.8) is 0 Å². The van der Waals surface area contributed by atoms with E-state index in [0.717, 1.165) is 11.1 Å². The number of pyridine rings is 2. The summed E-state index contributed by atoms with van der Waals surface area (Å²) in [6, 6.07) is 30.0. The van der Waals surface area contributed by atoms with E-state index in [4.69, 9.17) is 9.79 Å². The fourth-order valence-electron chi connectivity index (χ4n) is 1.97. The molecule has 182 valence electrons. The Morgan fingerprint density at radius 1 is 0.647 bits per heavy atom. The molecule has 0 aliphatic carbocycles. The lowest BCUT2D eigenvalue weighted by Crippen LogP contribution is -1.99. The van der Waals surface area contributed by atoms with Gasteiger partial charge in [0.2, 0.25) is 0 Å². The molecule has 0 atom stereocenters. The zero-order chi connectivity index (χ0) is 23.5. The third-order valence-corrected chi connectivity index (χ3v) is 4.44. The first kappa shape index (κ1) is 33.3. The van der Waals surface area contributed by atoms with Crippen molar-refractivity contribution >= 4 is 38.2 Å². The van der Waals surface area contributed by atoms with Crippen molar-refractivity contribution in [2.45, 2.75) is 6.92 Å². The molecule has 34 heavy (non-hydrogen) atoms. The number of nitrogens with zero attached hydrogens (tertiary/aromatic N) is 2. The fraction of sp³-hybridized carbons (Fsp3) is 0.0800. The molecule has 0 fully saturated rings. The second-order valence-electron chi connectivity index (χ2n) is 6.09. The van der Waals surface area contributed by atoms with Gasteiger partial charge in [-0.2, -0.15) is 0 Å². The summed E-state index contributed by atoms with van der Waals surface area (Å²) in [7, 11) is -3.65. The number of carbonyl (C=O) groups is 1. The molecular weight excluding hydrogens is 494 g/mol. The molecule has 2 heterocycles. The van der Waals surface area contributed by atoms with Gasteiger partial charge in [-0.25, -0.2) is 0 Å². The number of ketones is 1. The third kappa shape index (κ3) is 17.7. The van der Waals surface area contributed by atoms with Gasteiger partial charge in [0.15, 0.2) is 5.78 Å². The standard InChI is InChI=1S/C13H10O.2C5H5N.C2H7O3P.2ClH/c14-13(11-7-3-1-4-8-11)12-9-5-2-6-10-12;2*1-2-4-6-5-3-1;1-2-6(3,4)5;;/h1-10H;2*1-5H;2H2,1H3,(H2,3,4,5);2*1H. The Morgan fingerprint density at radius 2 is 0.912 bits per heavy atom. The van der Waals surface area contributed by atoms with E-state index in [-0.39, 0.29) is 36.8 Å². The summed E-state index contributed by atoms with van der Waals surface area (Å²) < 4.78 is 9.69. The Balaban J connectivity index is 0. The molecular formula is C25H29Cl2N2O4P. The van der Waals surface area contributed by atoms with Gasteiger partial charge >= 0.3 is 7.60 Å². The van der Waals surface area contributed by atoms with Crippen molar-refractivity contribution in [2.75, 3.05) is 6.16 Å². The molecule has 0 radical (unpaired) electrons. The van der Waals surface area contributed by atoms with Crippen LogP contribution >= 0.6 is 32.4 Å². The highest BCUT2D eigenvalue weighted by molar-refractivity contribution is 7.51. The van der Waals surface area contributed by atoms with E-state index < -0.39 is 7.60 Å². The van der Waals surface area contributed by atoms with Gasteiger partial charge in [-0.05, 0) is 24.3 Å². The van der Waals surface area contributed by atoms with Gasteiger partial charge in [-0.1, -0.05) is 79.7 Å². The van der Waals surface area contributed by atoms with Gasteiger partial charge in [0.05, 0.1) is 0 Å². The molecule has 0 unspecified atom stereocenters. The van der Waals surface area contributed by atoms with Gasteiger partial charge in [0.25, 0.3) is 0 Å². The molecule has 0 amide bonds. The maximum absolute atomic E-state index is 11.8. The van der Waals surface area contributed by atoms with E-state index >= 15 is 0 Å². The average Bonchev–Trinajstić information content (AvgIpc) is 2.87. The van der Waals surface area contributed by atoms with Crippen LogP contribution in [0.25, 0.3) is 0 Å². The maximum Gasteiger partial charge on any atom is 0.325 e. The molecule has 4 aromatic rings. The van der Waals surface area contributed by atoms with E-state index in [2.05, 4.69) is 9.97 Å². The largest absolute Gasteiger partial charge is 0.325 e. The highest BCUT2D eigenvalue weighted by Gasteiger charge is 2.06. The second-order valence-corrected chi connectivity index (χ2v) is 8.05. The van der Waals surface area contributed by atoms with Crippen LogP contribution in [0.4, 0.5) is 0 Å². The molecule has 0 aliphatic heterocycles. The Labute approximate surface area is 213 Å². The highest BCUT2D eigenvalue weighted by Crippen LogP contribution is 2.32. The van der Waals surface area contributed by atoms with Crippen LogP contribution in [0, 0.1) is 0 Å². The maximum atomic E-state index is 11.8. The minimum Gasteiger partial charge on any atom is -0.324 e. The van der Waals surface area contributed by atoms with Crippen LogP contribution < -0.4 is 0 Å². The normalized spacial score (nSPS) is 8.91. The number of aromatic nitrogens is 2. The van der Waals surface area contributed by atoms with Crippen molar-refractivity contribution in [3.8, 4) is 0 Å². The Kier molecular flexibility index (Phi) is 20.3. The lowest BCUT2D eigenvalue weighted by atomic mass is 10.0. The molecule has 2 aromatic carbocycles. The topological polar surface area (TPSA) is 100 Å². The van der Waals surface area contributed by atoms with Gasteiger partial charge in [0, 0.05) is 42.1 Å². The van der Waals surface area contributed by atoms with Crippen molar-refractivity contribution in [1.82, 2.24) is 9.97 Å². The van der Waals surface area contributed by atoms with Gasteiger partial charge in [-0.15, -0.1) is 24.8 Å². The average molecular weight is 523 g/mol. The van der Waals surface area contributed by atoms with Crippen LogP contribution in [-0.4, -0.2) is 31.7 Å². The zero-order valence-electron chi connectivity index (χ0n) is 18.6. The van der Waals surface area contributed by atoms with E-state index in [0.29, 0.717) is 0 Å². The molecule has 4 rings (SSSR count). The minimum absolute atomic E-state index is 0. The van der Waals surface area contributed by atoms with Crippen LogP contribution in [0.2, 0.25) is 0 Å². The molecule has 0 spiro atoms. The lowest BCUT2D eigenvalue weighted by Gasteiger charge is -1.99. The van der Waals surface area contributed by atoms with Gasteiger partial charge in [-0.3, -0.25) is 19.3 Å². The Hall–Kier alpha value is -2.86. The molecule has 0 saturated carbocycles. The first-order chi connectivity index (χ1) is 15.4. The molecule has 2 aromatic heterocycles. The summed E-state index contributed by atoms with van der Waals surface area (Å²) >= 11 is 0. The number of rotatable bonds is 3. The predicted octanol–water partition coefficient (Wildman–Crippen LogP) is 6.11. The molecule has 9 heteroatoms. The number of hydrogen-bond acceptors (Lipinski definition) is 4. The van der Waals surface area contributed by atoms with Crippen LogP contribution in [0.15, 0.2) is 122 Å². The van der Waals surface area contributed by atoms with Crippen molar-refractivity contribution in [3.05, 3.63) is 133 Å². The first-order valence-electron chi connectivity index (χ1n) is 9.83.